The van der Waals surface area contributed by atoms with E-state index in [0.717, 1.165) is 26.2 Å². The van der Waals surface area contributed by atoms with Crippen molar-refractivity contribution in [3.8, 4) is 0 Å². The van der Waals surface area contributed by atoms with Crippen LogP contribution in [0.5, 0.6) is 0 Å². The van der Waals surface area contributed by atoms with Crippen LogP contribution in [0, 0.1) is 13.8 Å². The van der Waals surface area contributed by atoms with Gasteiger partial charge in [-0.2, -0.15) is 0 Å². The Morgan fingerprint density at radius 3 is 2.50 bits per heavy atom. The molecule has 1 aliphatic rings. The highest BCUT2D eigenvalue weighted by Gasteiger charge is 2.24. The molecule has 1 aromatic carbocycles. The van der Waals surface area contributed by atoms with Crippen LogP contribution in [0.4, 0.5) is 0 Å². The average molecular weight is 275 g/mol. The molecule has 1 atom stereocenters. The first-order valence-electron chi connectivity index (χ1n) is 7.32. The summed E-state index contributed by atoms with van der Waals surface area (Å²) in [6, 6.07) is 7.01. The van der Waals surface area contributed by atoms with E-state index in [2.05, 4.69) is 43.9 Å². The molecular weight excluding hydrogens is 250 g/mol. The summed E-state index contributed by atoms with van der Waals surface area (Å²) >= 11 is 0. The van der Waals surface area contributed by atoms with Gasteiger partial charge in [0.15, 0.2) is 0 Å². The molecule has 1 saturated heterocycles. The molecule has 2 rings (SSSR count). The fourth-order valence-corrected chi connectivity index (χ4v) is 2.89. The van der Waals surface area contributed by atoms with Crippen LogP contribution >= 0.6 is 0 Å². The van der Waals surface area contributed by atoms with Crippen LogP contribution in [0.2, 0.25) is 0 Å². The van der Waals surface area contributed by atoms with Crippen molar-refractivity contribution in [1.29, 1.82) is 0 Å². The Morgan fingerprint density at radius 2 is 1.90 bits per heavy atom. The summed E-state index contributed by atoms with van der Waals surface area (Å²) in [5, 5.41) is 0. The van der Waals surface area contributed by atoms with Crippen molar-refractivity contribution in [2.45, 2.75) is 26.8 Å². The van der Waals surface area contributed by atoms with Gasteiger partial charge in [0, 0.05) is 32.2 Å². The van der Waals surface area contributed by atoms with Crippen molar-refractivity contribution in [2.75, 3.05) is 32.7 Å². The number of benzene rings is 1. The number of amides is 1. The zero-order valence-electron chi connectivity index (χ0n) is 12.7. The van der Waals surface area contributed by atoms with Gasteiger partial charge in [0.1, 0.15) is 0 Å². The number of carbonyl (C=O) groups is 1. The van der Waals surface area contributed by atoms with E-state index < -0.39 is 0 Å². The van der Waals surface area contributed by atoms with Crippen molar-refractivity contribution >= 4 is 5.91 Å². The predicted octanol–water partition coefficient (Wildman–Crippen LogP) is 1.47. The average Bonchev–Trinajstić information content (AvgIpc) is 2.48. The van der Waals surface area contributed by atoms with Gasteiger partial charge in [0.25, 0.3) is 0 Å². The zero-order valence-corrected chi connectivity index (χ0v) is 12.7. The SMILES string of the molecule is Cc1ccc(C)c(C(C)N2CCN(C(=O)CN)CC2)c1. The Morgan fingerprint density at radius 1 is 1.25 bits per heavy atom. The van der Waals surface area contributed by atoms with Crippen molar-refractivity contribution in [2.24, 2.45) is 5.73 Å². The van der Waals surface area contributed by atoms with Crippen LogP contribution in [-0.2, 0) is 4.79 Å². The van der Waals surface area contributed by atoms with Gasteiger partial charge in [0.2, 0.25) is 5.91 Å². The van der Waals surface area contributed by atoms with Crippen LogP contribution < -0.4 is 5.73 Å². The number of piperazine rings is 1. The maximum absolute atomic E-state index is 11.6. The number of nitrogens with zero attached hydrogens (tertiary/aromatic N) is 2. The Labute approximate surface area is 121 Å². The molecule has 1 heterocycles. The quantitative estimate of drug-likeness (QED) is 0.909. The number of rotatable bonds is 3. The van der Waals surface area contributed by atoms with Crippen molar-refractivity contribution in [3.63, 3.8) is 0 Å². The third-order valence-electron chi connectivity index (χ3n) is 4.27. The second-order valence-corrected chi connectivity index (χ2v) is 5.66. The Hall–Kier alpha value is -1.39. The highest BCUT2D eigenvalue weighted by Crippen LogP contribution is 2.25. The van der Waals surface area contributed by atoms with Gasteiger partial charge < -0.3 is 10.6 Å². The molecule has 0 aliphatic carbocycles. The molecule has 0 spiro atoms. The first kappa shape index (κ1) is 15.0. The summed E-state index contributed by atoms with van der Waals surface area (Å²) in [6.07, 6.45) is 0. The van der Waals surface area contributed by atoms with E-state index in [1.807, 2.05) is 4.90 Å². The highest BCUT2D eigenvalue weighted by atomic mass is 16.2. The summed E-state index contributed by atoms with van der Waals surface area (Å²) < 4.78 is 0. The predicted molar refractivity (Wildman–Crippen MR) is 81.5 cm³/mol. The minimum Gasteiger partial charge on any atom is -0.339 e. The standard InChI is InChI=1S/C16H25N3O/c1-12-4-5-13(2)15(10-12)14(3)18-6-8-19(9-7-18)16(20)11-17/h4-5,10,14H,6-9,11,17H2,1-3H3. The molecule has 1 amide bonds. The van der Waals surface area contributed by atoms with Crippen molar-refractivity contribution in [3.05, 3.63) is 34.9 Å². The number of nitrogens with two attached hydrogens (primary N) is 1. The fourth-order valence-electron chi connectivity index (χ4n) is 2.89. The number of carbonyl (C=O) groups excluding carboxylic acids is 1. The Kier molecular flexibility index (Phi) is 4.78. The third kappa shape index (κ3) is 3.19. The Balaban J connectivity index is 2.03. The lowest BCUT2D eigenvalue weighted by Gasteiger charge is -2.38. The molecule has 110 valence electrons. The summed E-state index contributed by atoms with van der Waals surface area (Å²) in [6.45, 7) is 10.1. The summed E-state index contributed by atoms with van der Waals surface area (Å²) in [5.41, 5.74) is 9.45. The molecule has 4 nitrogen and oxygen atoms in total. The lowest BCUT2D eigenvalue weighted by Crippen LogP contribution is -2.50. The van der Waals surface area contributed by atoms with E-state index in [1.165, 1.54) is 16.7 Å². The van der Waals surface area contributed by atoms with Crippen LogP contribution in [0.25, 0.3) is 0 Å². The second kappa shape index (κ2) is 6.37. The van der Waals surface area contributed by atoms with Gasteiger partial charge in [-0.3, -0.25) is 9.69 Å². The van der Waals surface area contributed by atoms with Crippen molar-refractivity contribution < 1.29 is 4.79 Å². The second-order valence-electron chi connectivity index (χ2n) is 5.66. The number of hydrogen-bond acceptors (Lipinski definition) is 3. The lowest BCUT2D eigenvalue weighted by atomic mass is 9.98. The molecule has 2 N–H and O–H groups in total. The van der Waals surface area contributed by atoms with Gasteiger partial charge in [-0.25, -0.2) is 0 Å². The van der Waals surface area contributed by atoms with E-state index in [9.17, 15) is 4.79 Å². The molecule has 1 unspecified atom stereocenters. The van der Waals surface area contributed by atoms with Gasteiger partial charge >= 0.3 is 0 Å². The lowest BCUT2D eigenvalue weighted by molar-refractivity contribution is -0.131. The molecule has 1 fully saturated rings. The van der Waals surface area contributed by atoms with Crippen molar-refractivity contribution in [1.82, 2.24) is 9.80 Å². The summed E-state index contributed by atoms with van der Waals surface area (Å²) in [7, 11) is 0. The molecule has 1 aliphatic heterocycles. The van der Waals surface area contributed by atoms with E-state index in [1.54, 1.807) is 0 Å². The molecule has 0 saturated carbocycles. The van der Waals surface area contributed by atoms with Crippen LogP contribution in [0.1, 0.15) is 29.7 Å². The monoisotopic (exact) mass is 275 g/mol. The molecule has 20 heavy (non-hydrogen) atoms. The maximum atomic E-state index is 11.6. The largest absolute Gasteiger partial charge is 0.339 e. The van der Waals surface area contributed by atoms with E-state index in [0.29, 0.717) is 6.04 Å². The fraction of sp³-hybridized carbons (Fsp3) is 0.562. The van der Waals surface area contributed by atoms with E-state index >= 15 is 0 Å². The number of aryl methyl sites for hydroxylation is 2. The van der Waals surface area contributed by atoms with Gasteiger partial charge in [0.05, 0.1) is 6.54 Å². The minimum atomic E-state index is 0.0593. The molecule has 1 aromatic rings. The zero-order chi connectivity index (χ0) is 14.7. The highest BCUT2D eigenvalue weighted by molar-refractivity contribution is 5.78. The normalized spacial score (nSPS) is 18.1. The first-order chi connectivity index (χ1) is 9.52. The molecule has 4 heteroatoms. The van der Waals surface area contributed by atoms with Crippen LogP contribution in [-0.4, -0.2) is 48.4 Å². The van der Waals surface area contributed by atoms with Gasteiger partial charge in [-0.1, -0.05) is 23.8 Å². The molecule has 0 aromatic heterocycles. The van der Waals surface area contributed by atoms with Gasteiger partial charge in [-0.05, 0) is 31.9 Å². The van der Waals surface area contributed by atoms with E-state index in [-0.39, 0.29) is 12.5 Å². The Bertz CT molecular complexity index is 479. The van der Waals surface area contributed by atoms with Crippen LogP contribution in [0.15, 0.2) is 18.2 Å². The smallest absolute Gasteiger partial charge is 0.236 e. The first-order valence-corrected chi connectivity index (χ1v) is 7.32. The summed E-state index contributed by atoms with van der Waals surface area (Å²) in [5.74, 6) is 0.0593. The maximum Gasteiger partial charge on any atom is 0.236 e. The molecular formula is C16H25N3O. The topological polar surface area (TPSA) is 49.6 Å². The van der Waals surface area contributed by atoms with E-state index in [4.69, 9.17) is 5.73 Å². The summed E-state index contributed by atoms with van der Waals surface area (Å²) in [4.78, 5) is 15.9. The molecule has 0 radical (unpaired) electrons. The number of hydrogen-bond donors (Lipinski definition) is 1. The van der Waals surface area contributed by atoms with Gasteiger partial charge in [-0.15, -0.1) is 0 Å². The third-order valence-corrected chi connectivity index (χ3v) is 4.27. The minimum absolute atomic E-state index is 0.0593. The van der Waals surface area contributed by atoms with Crippen LogP contribution in [0.3, 0.4) is 0 Å². The molecule has 0 bridgehead atoms.